The van der Waals surface area contributed by atoms with E-state index in [1.807, 2.05) is 115 Å². The van der Waals surface area contributed by atoms with Crippen LogP contribution in [0.25, 0.3) is 89.5 Å². The summed E-state index contributed by atoms with van der Waals surface area (Å²) in [4.78, 5) is 14.9. The number of rotatable bonds is 6. The summed E-state index contributed by atoms with van der Waals surface area (Å²) in [6, 6.07) is 40.4. The quantitative estimate of drug-likeness (QED) is 0.183. The lowest BCUT2D eigenvalue weighted by Crippen LogP contribution is -2.00. The highest BCUT2D eigenvalue weighted by Gasteiger charge is 2.16. The largest absolute Gasteiger partial charge is 0.456 e. The molecular weight excluding hydrogens is 599 g/mol. The van der Waals surface area contributed by atoms with Crippen LogP contribution in [0, 0.1) is 0 Å². The molecular formula is C45H29N3O. The molecule has 0 bridgehead atoms. The molecule has 0 aliphatic heterocycles. The van der Waals surface area contributed by atoms with Crippen LogP contribution in [0.3, 0.4) is 0 Å². The number of hydrogen-bond acceptors (Lipinski definition) is 4. The Morgan fingerprint density at radius 1 is 0.367 bits per heavy atom. The first kappa shape index (κ1) is 22.0. The number of fused-ring (bicyclic) bond motifs is 3. The van der Waals surface area contributed by atoms with E-state index in [-0.39, 0.29) is 51.7 Å². The Hall–Kier alpha value is -6.65. The summed E-state index contributed by atoms with van der Waals surface area (Å²) < 4.78 is 67.1. The SMILES string of the molecule is [2H]c1c([2H])c([2H])c2c(oc3c([2H])c([2H])c(-c4cc(-c5ccccc5)cc(-c5nc(-c6ccccc6)nc(-c6ccc(-c7ccccc7)cc6)n5)c4)c([2H])c32)c1[2H]. The van der Waals surface area contributed by atoms with Crippen LogP contribution in [0.2, 0.25) is 0 Å². The van der Waals surface area contributed by atoms with E-state index in [9.17, 15) is 1.37 Å². The zero-order chi connectivity index (χ0) is 38.7. The number of furan rings is 1. The standard InChI is InChI=1S/C45H29N3O/c1-4-12-30(13-5-1)32-20-22-34(23-21-32)44-46-43(33-16-8-3-9-17-33)47-45(48-44)38-27-36(31-14-6-2-7-15-31)26-37(28-38)35-24-25-42-40(29-35)39-18-10-11-19-41(39)49-42/h1-29H/i10D,11D,18D,19D,24D,25D,29D. The maximum atomic E-state index is 9.47. The average molecular weight is 635 g/mol. The number of benzene rings is 7. The molecule has 0 aliphatic carbocycles. The van der Waals surface area contributed by atoms with Crippen molar-refractivity contribution in [2.45, 2.75) is 0 Å². The molecule has 9 aromatic rings. The smallest absolute Gasteiger partial charge is 0.164 e. The van der Waals surface area contributed by atoms with Crippen LogP contribution >= 0.6 is 0 Å². The Morgan fingerprint density at radius 3 is 1.47 bits per heavy atom. The molecule has 0 saturated carbocycles. The van der Waals surface area contributed by atoms with Crippen molar-refractivity contribution in [3.8, 4) is 67.5 Å². The van der Waals surface area contributed by atoms with Gasteiger partial charge in [0.15, 0.2) is 17.5 Å². The first-order chi connectivity index (χ1) is 27.2. The van der Waals surface area contributed by atoms with Gasteiger partial charge in [-0.25, -0.2) is 15.0 Å². The van der Waals surface area contributed by atoms with Gasteiger partial charge < -0.3 is 4.42 Å². The molecule has 2 aromatic heterocycles. The summed E-state index contributed by atoms with van der Waals surface area (Å²) in [5.41, 5.74) is 6.13. The maximum Gasteiger partial charge on any atom is 0.164 e. The molecule has 0 amide bonds. The van der Waals surface area contributed by atoms with Crippen molar-refractivity contribution in [1.29, 1.82) is 0 Å². The van der Waals surface area contributed by atoms with Crippen LogP contribution < -0.4 is 0 Å². The molecule has 0 unspecified atom stereocenters. The first-order valence-electron chi connectivity index (χ1n) is 19.3. The number of aromatic nitrogens is 3. The van der Waals surface area contributed by atoms with Crippen LogP contribution in [-0.4, -0.2) is 15.0 Å². The average Bonchev–Trinajstić information content (AvgIpc) is 3.67. The minimum atomic E-state index is -0.482. The molecule has 0 radical (unpaired) electrons. The normalized spacial score (nSPS) is 13.3. The van der Waals surface area contributed by atoms with Gasteiger partial charge in [-0.3, -0.25) is 0 Å². The molecule has 230 valence electrons. The Kier molecular flexibility index (Phi) is 5.47. The molecule has 7 aromatic carbocycles. The van der Waals surface area contributed by atoms with E-state index in [2.05, 4.69) is 12.1 Å². The van der Waals surface area contributed by atoms with E-state index in [0.29, 0.717) is 28.6 Å². The lowest BCUT2D eigenvalue weighted by molar-refractivity contribution is 0.669. The van der Waals surface area contributed by atoms with Gasteiger partial charge in [-0.15, -0.1) is 0 Å². The highest BCUT2D eigenvalue weighted by molar-refractivity contribution is 6.06. The highest BCUT2D eigenvalue weighted by Crippen LogP contribution is 2.37. The predicted molar refractivity (Wildman–Crippen MR) is 200 cm³/mol. The predicted octanol–water partition coefficient (Wildman–Crippen LogP) is 11.8. The maximum absolute atomic E-state index is 9.47. The molecule has 0 saturated heterocycles. The summed E-state index contributed by atoms with van der Waals surface area (Å²) >= 11 is 0. The number of para-hydroxylation sites is 1. The van der Waals surface area contributed by atoms with Crippen molar-refractivity contribution in [1.82, 2.24) is 15.0 Å². The lowest BCUT2D eigenvalue weighted by Gasteiger charge is -2.13. The molecule has 0 fully saturated rings. The van der Waals surface area contributed by atoms with Crippen LogP contribution in [0.15, 0.2) is 180 Å². The van der Waals surface area contributed by atoms with Gasteiger partial charge in [0, 0.05) is 27.5 Å². The highest BCUT2D eigenvalue weighted by atomic mass is 16.3. The second-order valence-corrected chi connectivity index (χ2v) is 11.5. The van der Waals surface area contributed by atoms with Crippen molar-refractivity contribution in [3.63, 3.8) is 0 Å². The summed E-state index contributed by atoms with van der Waals surface area (Å²) in [5, 5.41) is 0.0421. The number of nitrogens with zero attached hydrogens (tertiary/aromatic N) is 3. The Bertz CT molecular complexity index is 2970. The summed E-state index contributed by atoms with van der Waals surface area (Å²) in [6.07, 6.45) is 0. The molecule has 2 heterocycles. The minimum Gasteiger partial charge on any atom is -0.456 e. The molecule has 4 heteroatoms. The molecule has 4 nitrogen and oxygen atoms in total. The topological polar surface area (TPSA) is 51.8 Å². The first-order valence-corrected chi connectivity index (χ1v) is 15.8. The van der Waals surface area contributed by atoms with E-state index in [1.165, 1.54) is 0 Å². The third-order valence-corrected chi connectivity index (χ3v) is 8.39. The van der Waals surface area contributed by atoms with E-state index in [0.717, 1.165) is 33.4 Å². The van der Waals surface area contributed by atoms with Crippen molar-refractivity contribution >= 4 is 21.9 Å². The Morgan fingerprint density at radius 2 is 0.816 bits per heavy atom. The summed E-state index contributed by atoms with van der Waals surface area (Å²) in [7, 11) is 0. The van der Waals surface area contributed by atoms with Crippen molar-refractivity contribution < 1.29 is 14.0 Å². The molecule has 0 spiro atoms. The second kappa shape index (κ2) is 12.2. The van der Waals surface area contributed by atoms with Gasteiger partial charge in [0.1, 0.15) is 11.2 Å². The minimum absolute atomic E-state index is 0.00178. The zero-order valence-electron chi connectivity index (χ0n) is 33.0. The fraction of sp³-hybridized carbons (Fsp3) is 0. The van der Waals surface area contributed by atoms with Crippen molar-refractivity contribution in [2.24, 2.45) is 0 Å². The van der Waals surface area contributed by atoms with Gasteiger partial charge in [0.2, 0.25) is 0 Å². The van der Waals surface area contributed by atoms with Crippen LogP contribution in [-0.2, 0) is 0 Å². The van der Waals surface area contributed by atoms with Gasteiger partial charge in [-0.05, 0) is 69.7 Å². The van der Waals surface area contributed by atoms with Gasteiger partial charge in [-0.2, -0.15) is 0 Å². The second-order valence-electron chi connectivity index (χ2n) is 11.5. The van der Waals surface area contributed by atoms with Crippen molar-refractivity contribution in [3.05, 3.63) is 176 Å². The summed E-state index contributed by atoms with van der Waals surface area (Å²) in [6.45, 7) is 0. The Labute approximate surface area is 293 Å². The number of hydrogen-bond donors (Lipinski definition) is 0. The molecule has 9 rings (SSSR count). The van der Waals surface area contributed by atoms with E-state index < -0.39 is 18.1 Å². The lowest BCUT2D eigenvalue weighted by atomic mass is 9.95. The Balaban J connectivity index is 1.29. The molecule has 0 atom stereocenters. The van der Waals surface area contributed by atoms with E-state index in [4.69, 9.17) is 27.6 Å². The van der Waals surface area contributed by atoms with Gasteiger partial charge in [0.05, 0.1) is 9.60 Å². The fourth-order valence-corrected chi connectivity index (χ4v) is 5.94. The fourth-order valence-electron chi connectivity index (χ4n) is 5.94. The summed E-state index contributed by atoms with van der Waals surface area (Å²) in [5.74, 6) is 1.27. The van der Waals surface area contributed by atoms with Gasteiger partial charge >= 0.3 is 0 Å². The third kappa shape index (κ3) is 5.56. The monoisotopic (exact) mass is 634 g/mol. The van der Waals surface area contributed by atoms with E-state index >= 15 is 0 Å². The van der Waals surface area contributed by atoms with Crippen molar-refractivity contribution in [2.75, 3.05) is 0 Å². The van der Waals surface area contributed by atoms with E-state index in [1.54, 1.807) is 6.07 Å². The third-order valence-electron chi connectivity index (χ3n) is 8.39. The molecule has 0 N–H and O–H groups in total. The molecule has 0 aliphatic rings. The zero-order valence-corrected chi connectivity index (χ0v) is 26.0. The van der Waals surface area contributed by atoms with Crippen LogP contribution in [0.4, 0.5) is 0 Å². The van der Waals surface area contributed by atoms with Crippen LogP contribution in [0.1, 0.15) is 9.60 Å². The molecule has 49 heavy (non-hydrogen) atoms. The van der Waals surface area contributed by atoms with Gasteiger partial charge in [0.25, 0.3) is 0 Å². The van der Waals surface area contributed by atoms with Crippen LogP contribution in [0.5, 0.6) is 0 Å². The van der Waals surface area contributed by atoms with Gasteiger partial charge in [-0.1, -0.05) is 139 Å².